The third kappa shape index (κ3) is 6.70. The molecule has 16 rings (SSSR count). The van der Waals surface area contributed by atoms with Crippen LogP contribution in [0.4, 0.5) is 0 Å². The quantitative estimate of drug-likeness (QED) is 0.152. The van der Waals surface area contributed by atoms with Gasteiger partial charge in [-0.2, -0.15) is 0 Å². The first-order valence-corrected chi connectivity index (χ1v) is 26.5. The third-order valence-electron chi connectivity index (χ3n) is 15.9. The van der Waals surface area contributed by atoms with E-state index < -0.39 is 0 Å². The second-order valence-electron chi connectivity index (χ2n) is 20.2. The molecular formula is C72H46N6. The molecule has 0 amide bonds. The molecule has 0 aliphatic rings. The Balaban J connectivity index is 1.01. The number of fused-ring (bicyclic) bond motifs is 12. The molecule has 0 spiro atoms. The van der Waals surface area contributed by atoms with Crippen molar-refractivity contribution in [2.24, 2.45) is 0 Å². The number of para-hydroxylation sites is 8. The summed E-state index contributed by atoms with van der Waals surface area (Å²) in [4.78, 5) is 11.4. The van der Waals surface area contributed by atoms with Crippen molar-refractivity contribution in [3.8, 4) is 56.7 Å². The summed E-state index contributed by atoms with van der Waals surface area (Å²) < 4.78 is 9.62. The van der Waals surface area contributed by atoms with Crippen LogP contribution in [-0.2, 0) is 0 Å². The van der Waals surface area contributed by atoms with Crippen LogP contribution in [-0.4, -0.2) is 28.2 Å². The van der Waals surface area contributed by atoms with E-state index in [0.717, 1.165) is 101 Å². The van der Waals surface area contributed by atoms with Crippen LogP contribution in [0.2, 0.25) is 0 Å². The highest BCUT2D eigenvalue weighted by atomic mass is 15.0. The van der Waals surface area contributed by atoms with Gasteiger partial charge in [0.15, 0.2) is 5.82 Å². The van der Waals surface area contributed by atoms with Crippen molar-refractivity contribution in [3.05, 3.63) is 273 Å². The molecule has 0 atom stereocenters. The highest BCUT2D eigenvalue weighted by Gasteiger charge is 2.22. The highest BCUT2D eigenvalue weighted by molar-refractivity contribution is 6.13. The molecule has 6 heteroatoms. The molecule has 0 N–H and O–H groups in total. The zero-order valence-electron chi connectivity index (χ0n) is 42.3. The molecule has 78 heavy (non-hydrogen) atoms. The summed E-state index contributed by atoms with van der Waals surface area (Å²) in [6, 6.07) is 94.2. The van der Waals surface area contributed by atoms with Crippen LogP contribution in [0.5, 0.6) is 0 Å². The maximum atomic E-state index is 5.76. The predicted octanol–water partition coefficient (Wildman–Crippen LogP) is 18.5. The van der Waals surface area contributed by atoms with Crippen molar-refractivity contribution in [1.82, 2.24) is 28.2 Å². The Labute approximate surface area is 448 Å². The van der Waals surface area contributed by atoms with Crippen molar-refractivity contribution >= 4 is 93.3 Å². The summed E-state index contributed by atoms with van der Waals surface area (Å²) in [6.45, 7) is 4.16. The van der Waals surface area contributed by atoms with Crippen LogP contribution in [0.3, 0.4) is 0 Å². The molecule has 16 aromatic rings. The van der Waals surface area contributed by atoms with E-state index in [1.54, 1.807) is 0 Å². The average Bonchev–Trinajstić information content (AvgIpc) is 4.42. The van der Waals surface area contributed by atoms with Crippen molar-refractivity contribution in [2.75, 3.05) is 0 Å². The maximum absolute atomic E-state index is 5.76. The van der Waals surface area contributed by atoms with Crippen LogP contribution in [0.25, 0.3) is 150 Å². The van der Waals surface area contributed by atoms with E-state index in [1.807, 2.05) is 6.08 Å². The molecule has 0 bridgehead atoms. The van der Waals surface area contributed by atoms with E-state index in [4.69, 9.17) is 9.97 Å². The molecule has 0 radical (unpaired) electrons. The van der Waals surface area contributed by atoms with E-state index in [9.17, 15) is 0 Å². The normalized spacial score (nSPS) is 11.9. The van der Waals surface area contributed by atoms with Gasteiger partial charge in [-0.25, -0.2) is 9.97 Å². The zero-order valence-corrected chi connectivity index (χ0v) is 42.3. The van der Waals surface area contributed by atoms with Crippen LogP contribution in [0, 0.1) is 0 Å². The number of nitrogens with zero attached hydrogens (tertiary/aromatic N) is 6. The fourth-order valence-corrected chi connectivity index (χ4v) is 12.5. The molecule has 0 aliphatic heterocycles. The predicted molar refractivity (Wildman–Crippen MR) is 326 cm³/mol. The van der Waals surface area contributed by atoms with Gasteiger partial charge in [-0.05, 0) is 103 Å². The van der Waals surface area contributed by atoms with Gasteiger partial charge in [0.1, 0.15) is 0 Å². The Morgan fingerprint density at radius 1 is 0.256 bits per heavy atom. The van der Waals surface area contributed by atoms with Crippen molar-refractivity contribution in [3.63, 3.8) is 0 Å². The van der Waals surface area contributed by atoms with Gasteiger partial charge < -0.3 is 18.3 Å². The fraction of sp³-hybridized carbons (Fsp3) is 0. The highest BCUT2D eigenvalue weighted by Crippen LogP contribution is 2.41. The summed E-state index contributed by atoms with van der Waals surface area (Å²) in [7, 11) is 0. The average molecular weight is 995 g/mol. The minimum absolute atomic E-state index is 0.608. The second-order valence-corrected chi connectivity index (χ2v) is 20.2. The number of hydrogen-bond donors (Lipinski definition) is 0. The lowest BCUT2D eigenvalue weighted by molar-refractivity contribution is 1.12. The van der Waals surface area contributed by atoms with Crippen LogP contribution in [0.1, 0.15) is 5.56 Å². The molecule has 0 fully saturated rings. The summed E-state index contributed by atoms with van der Waals surface area (Å²) in [5.41, 5.74) is 18.5. The SMILES string of the molecule is C=Cc1cccc(-c2cc(-c3cc(-n4c5ccccc5c5ccccc54)cc(-n4c5ccccc5c5ccccc54)c3)nc(-c3cc(-n4c5ccccc5c5ccccc54)cc(-n4c5ccccc5c5ccccc54)c3)n2)c1. The molecule has 0 unspecified atom stereocenters. The Hall–Kier alpha value is -10.6. The van der Waals surface area contributed by atoms with Crippen LogP contribution < -0.4 is 0 Å². The Bertz CT molecular complexity index is 4370. The number of benzene rings is 11. The van der Waals surface area contributed by atoms with Gasteiger partial charge >= 0.3 is 0 Å². The second kappa shape index (κ2) is 17.2. The molecule has 5 heterocycles. The zero-order chi connectivity index (χ0) is 51.4. The summed E-state index contributed by atoms with van der Waals surface area (Å²) in [5, 5.41) is 9.59. The Kier molecular flexibility index (Phi) is 9.69. The van der Waals surface area contributed by atoms with Crippen LogP contribution in [0.15, 0.2) is 267 Å². The summed E-state index contributed by atoms with van der Waals surface area (Å²) in [5.74, 6) is 0.608. The van der Waals surface area contributed by atoms with Gasteiger partial charge in [-0.1, -0.05) is 176 Å². The van der Waals surface area contributed by atoms with E-state index in [0.29, 0.717) is 5.82 Å². The maximum Gasteiger partial charge on any atom is 0.160 e. The first-order valence-electron chi connectivity index (χ1n) is 26.5. The van der Waals surface area contributed by atoms with Gasteiger partial charge in [0.05, 0.1) is 55.5 Å². The van der Waals surface area contributed by atoms with Gasteiger partial charge in [-0.3, -0.25) is 0 Å². The first-order chi connectivity index (χ1) is 38.6. The molecule has 364 valence electrons. The van der Waals surface area contributed by atoms with Crippen molar-refractivity contribution < 1.29 is 0 Å². The first kappa shape index (κ1) is 43.8. The molecule has 0 aliphatic carbocycles. The molecule has 11 aromatic carbocycles. The minimum atomic E-state index is 0.608. The van der Waals surface area contributed by atoms with Gasteiger partial charge in [0.25, 0.3) is 0 Å². The molecule has 6 nitrogen and oxygen atoms in total. The lowest BCUT2D eigenvalue weighted by atomic mass is 10.0. The topological polar surface area (TPSA) is 45.5 Å². The van der Waals surface area contributed by atoms with Crippen molar-refractivity contribution in [1.29, 1.82) is 0 Å². The molecule has 0 saturated carbocycles. The fourth-order valence-electron chi connectivity index (χ4n) is 12.5. The van der Waals surface area contributed by atoms with Gasteiger partial charge in [-0.15, -0.1) is 0 Å². The largest absolute Gasteiger partial charge is 0.309 e. The number of aromatic nitrogens is 6. The van der Waals surface area contributed by atoms with E-state index in [2.05, 4.69) is 286 Å². The van der Waals surface area contributed by atoms with Crippen LogP contribution >= 0.6 is 0 Å². The minimum Gasteiger partial charge on any atom is -0.309 e. The van der Waals surface area contributed by atoms with E-state index in [-0.39, 0.29) is 0 Å². The third-order valence-corrected chi connectivity index (χ3v) is 15.9. The monoisotopic (exact) mass is 994 g/mol. The standard InChI is InChI=1S/C72H46N6/c1-2-46-20-19-21-47(38-46)62-45-63(48-39-50(75-64-30-11-3-22-54(64)55-23-4-12-31-65(55)75)43-51(40-48)76-66-32-13-5-24-56(66)57-25-6-14-33-67(57)76)74-72(73-62)49-41-52(77-68-34-15-7-26-58(68)59-27-8-16-35-69(59)77)44-53(42-49)78-70-36-17-9-28-60(70)61-29-10-18-37-71(61)78/h2-45H,1H2. The lowest BCUT2D eigenvalue weighted by Crippen LogP contribution is -2.03. The van der Waals surface area contributed by atoms with Crippen molar-refractivity contribution in [2.45, 2.75) is 0 Å². The summed E-state index contributed by atoms with van der Waals surface area (Å²) in [6.07, 6.45) is 1.90. The van der Waals surface area contributed by atoms with E-state index >= 15 is 0 Å². The number of hydrogen-bond acceptors (Lipinski definition) is 2. The molecular weight excluding hydrogens is 949 g/mol. The lowest BCUT2D eigenvalue weighted by Gasteiger charge is -2.17. The molecule has 5 aromatic heterocycles. The summed E-state index contributed by atoms with van der Waals surface area (Å²) >= 11 is 0. The van der Waals surface area contributed by atoms with Gasteiger partial charge in [0, 0.05) is 82.5 Å². The Morgan fingerprint density at radius 2 is 0.538 bits per heavy atom. The van der Waals surface area contributed by atoms with Gasteiger partial charge in [0.2, 0.25) is 0 Å². The number of rotatable bonds is 8. The van der Waals surface area contributed by atoms with E-state index in [1.165, 1.54) is 43.1 Å². The smallest absolute Gasteiger partial charge is 0.160 e. The Morgan fingerprint density at radius 3 is 0.846 bits per heavy atom. The molecule has 0 saturated heterocycles.